The summed E-state index contributed by atoms with van der Waals surface area (Å²) >= 11 is 0. The Labute approximate surface area is 133 Å². The number of benzene rings is 1. The Kier molecular flexibility index (Phi) is 5.00. The summed E-state index contributed by atoms with van der Waals surface area (Å²) in [7, 11) is 0. The lowest BCUT2D eigenvalue weighted by molar-refractivity contribution is 1.04. The molecule has 0 atom stereocenters. The van der Waals surface area contributed by atoms with Crippen LogP contribution in [0.15, 0.2) is 49.6 Å². The summed E-state index contributed by atoms with van der Waals surface area (Å²) in [5, 5.41) is 0. The van der Waals surface area contributed by atoms with Gasteiger partial charge in [0.05, 0.1) is 11.4 Å². The molecule has 0 radical (unpaired) electrons. The van der Waals surface area contributed by atoms with Crippen molar-refractivity contribution in [3.05, 3.63) is 77.7 Å². The van der Waals surface area contributed by atoms with E-state index < -0.39 is 0 Å². The molecule has 0 aliphatic carbocycles. The summed E-state index contributed by atoms with van der Waals surface area (Å²) in [4.78, 5) is 0. The van der Waals surface area contributed by atoms with Gasteiger partial charge in [0, 0.05) is 16.8 Å². The van der Waals surface area contributed by atoms with E-state index in [0.717, 1.165) is 17.1 Å². The first kappa shape index (κ1) is 15.8. The zero-order chi connectivity index (χ0) is 16.1. The summed E-state index contributed by atoms with van der Waals surface area (Å²) in [6, 6.07) is 8.52. The van der Waals surface area contributed by atoms with E-state index in [1.54, 1.807) is 0 Å². The average molecular weight is 289 g/mol. The average Bonchev–Trinajstić information content (AvgIpc) is 2.82. The predicted octanol–water partition coefficient (Wildman–Crippen LogP) is 6.14. The molecule has 0 aliphatic heterocycles. The van der Waals surface area contributed by atoms with E-state index in [1.165, 1.54) is 16.7 Å². The number of aryl methyl sites for hydroxylation is 1. The Balaban J connectivity index is 2.87. The topological polar surface area (TPSA) is 4.93 Å². The largest absolute Gasteiger partial charge is 0.309 e. The highest BCUT2D eigenvalue weighted by Gasteiger charge is 2.17. The number of hydrogen-bond acceptors (Lipinski definition) is 0. The van der Waals surface area contributed by atoms with Crippen molar-refractivity contribution in [3.63, 3.8) is 0 Å². The van der Waals surface area contributed by atoms with Crippen LogP contribution >= 0.6 is 0 Å². The van der Waals surface area contributed by atoms with Crippen molar-refractivity contribution >= 4 is 24.3 Å². The molecule has 0 unspecified atom stereocenters. The molecule has 0 amide bonds. The number of rotatable bonds is 5. The van der Waals surface area contributed by atoms with Gasteiger partial charge in [0.15, 0.2) is 0 Å². The molecule has 0 spiro atoms. The van der Waals surface area contributed by atoms with Crippen LogP contribution in [0.3, 0.4) is 0 Å². The van der Waals surface area contributed by atoms with Gasteiger partial charge in [0.1, 0.15) is 0 Å². The Morgan fingerprint density at radius 3 is 1.64 bits per heavy atom. The van der Waals surface area contributed by atoms with Crippen LogP contribution in [0.1, 0.15) is 41.9 Å². The molecule has 1 aromatic carbocycles. The monoisotopic (exact) mass is 289 g/mol. The van der Waals surface area contributed by atoms with E-state index in [0.29, 0.717) is 0 Å². The molecule has 0 saturated carbocycles. The molecule has 1 aromatic heterocycles. The first-order valence-corrected chi connectivity index (χ1v) is 7.53. The van der Waals surface area contributed by atoms with Gasteiger partial charge in [0.2, 0.25) is 0 Å². The van der Waals surface area contributed by atoms with Gasteiger partial charge in [-0.1, -0.05) is 55.2 Å². The second-order valence-electron chi connectivity index (χ2n) is 5.18. The van der Waals surface area contributed by atoms with Crippen molar-refractivity contribution in [1.82, 2.24) is 4.57 Å². The minimum atomic E-state index is 1.09. The zero-order valence-electron chi connectivity index (χ0n) is 13.6. The van der Waals surface area contributed by atoms with Gasteiger partial charge in [0.25, 0.3) is 0 Å². The van der Waals surface area contributed by atoms with Gasteiger partial charge >= 0.3 is 0 Å². The molecule has 112 valence electrons. The summed E-state index contributed by atoms with van der Waals surface area (Å²) in [5.41, 5.74) is 6.89. The highest BCUT2D eigenvalue weighted by molar-refractivity contribution is 5.80. The van der Waals surface area contributed by atoms with E-state index in [-0.39, 0.29) is 0 Å². The SMILES string of the molecule is C=Cc1c(/C=C\C)c(/C=C\C)c(C=C)n1-c1ccc(C)cc1. The summed E-state index contributed by atoms with van der Waals surface area (Å²) in [5.74, 6) is 0. The lowest BCUT2D eigenvalue weighted by Crippen LogP contribution is -1.99. The molecule has 2 aromatic rings. The molecule has 0 fully saturated rings. The van der Waals surface area contributed by atoms with E-state index in [9.17, 15) is 0 Å². The highest BCUT2D eigenvalue weighted by atomic mass is 15.0. The number of nitrogens with zero attached hydrogens (tertiary/aromatic N) is 1. The van der Waals surface area contributed by atoms with E-state index in [2.05, 4.69) is 73.2 Å². The van der Waals surface area contributed by atoms with Crippen LogP contribution in [0.4, 0.5) is 0 Å². The quantitative estimate of drug-likeness (QED) is 0.623. The van der Waals surface area contributed by atoms with Crippen LogP contribution in [-0.4, -0.2) is 4.57 Å². The second kappa shape index (κ2) is 6.95. The van der Waals surface area contributed by atoms with Crippen molar-refractivity contribution in [2.45, 2.75) is 20.8 Å². The Bertz CT molecular complexity index is 696. The molecule has 22 heavy (non-hydrogen) atoms. The van der Waals surface area contributed by atoms with Gasteiger partial charge in [-0.05, 0) is 45.1 Å². The normalized spacial score (nSPS) is 11.4. The van der Waals surface area contributed by atoms with E-state index in [1.807, 2.05) is 26.0 Å². The molecule has 1 heterocycles. The maximum absolute atomic E-state index is 4.01. The summed E-state index contributed by atoms with van der Waals surface area (Å²) in [6.07, 6.45) is 12.2. The molecule has 1 nitrogen and oxygen atoms in total. The fourth-order valence-electron chi connectivity index (χ4n) is 2.70. The van der Waals surface area contributed by atoms with Gasteiger partial charge in [-0.15, -0.1) is 0 Å². The Morgan fingerprint density at radius 2 is 1.27 bits per heavy atom. The molecule has 0 saturated heterocycles. The molecular weight excluding hydrogens is 266 g/mol. The number of allylic oxidation sites excluding steroid dienone is 2. The minimum absolute atomic E-state index is 1.09. The molecule has 0 aliphatic rings. The van der Waals surface area contributed by atoms with Crippen LogP contribution in [-0.2, 0) is 0 Å². The fraction of sp³-hybridized carbons (Fsp3) is 0.143. The lowest BCUT2D eigenvalue weighted by atomic mass is 10.1. The van der Waals surface area contributed by atoms with Gasteiger partial charge in [-0.3, -0.25) is 0 Å². The lowest BCUT2D eigenvalue weighted by Gasteiger charge is -2.10. The standard InChI is InChI=1S/C21H23N/c1-6-10-18-19(11-7-2)21(9-4)22(20(18)8-3)17-14-12-16(5)13-15-17/h6-15H,3-4H2,1-2,5H3/b10-6-,11-7-. The number of aromatic nitrogens is 1. The Morgan fingerprint density at radius 1 is 0.818 bits per heavy atom. The maximum Gasteiger partial charge on any atom is 0.0535 e. The van der Waals surface area contributed by atoms with Crippen LogP contribution < -0.4 is 0 Å². The van der Waals surface area contributed by atoms with Crippen molar-refractivity contribution < 1.29 is 0 Å². The molecular formula is C21H23N. The third-order valence-electron chi connectivity index (χ3n) is 3.67. The smallest absolute Gasteiger partial charge is 0.0535 e. The first-order chi connectivity index (χ1) is 10.7. The predicted molar refractivity (Wildman–Crippen MR) is 100 cm³/mol. The molecule has 0 N–H and O–H groups in total. The van der Waals surface area contributed by atoms with Crippen LogP contribution in [0.2, 0.25) is 0 Å². The van der Waals surface area contributed by atoms with Crippen LogP contribution in [0.5, 0.6) is 0 Å². The zero-order valence-corrected chi connectivity index (χ0v) is 13.6. The molecule has 0 bridgehead atoms. The first-order valence-electron chi connectivity index (χ1n) is 7.53. The number of hydrogen-bond donors (Lipinski definition) is 0. The van der Waals surface area contributed by atoms with Crippen LogP contribution in [0, 0.1) is 6.92 Å². The highest BCUT2D eigenvalue weighted by Crippen LogP contribution is 2.31. The molecule has 2 rings (SSSR count). The van der Waals surface area contributed by atoms with Gasteiger partial charge in [-0.25, -0.2) is 0 Å². The summed E-state index contributed by atoms with van der Waals surface area (Å²) in [6.45, 7) is 14.2. The van der Waals surface area contributed by atoms with Crippen molar-refractivity contribution in [2.75, 3.05) is 0 Å². The van der Waals surface area contributed by atoms with Gasteiger partial charge in [-0.2, -0.15) is 0 Å². The maximum atomic E-state index is 4.01. The molecule has 1 heteroatoms. The summed E-state index contributed by atoms with van der Waals surface area (Å²) < 4.78 is 2.21. The Hall–Kier alpha value is -2.54. The van der Waals surface area contributed by atoms with Gasteiger partial charge < -0.3 is 4.57 Å². The fourth-order valence-corrected chi connectivity index (χ4v) is 2.70. The van der Waals surface area contributed by atoms with Crippen LogP contribution in [0.25, 0.3) is 30.0 Å². The third kappa shape index (κ3) is 2.75. The second-order valence-corrected chi connectivity index (χ2v) is 5.18. The van der Waals surface area contributed by atoms with Crippen molar-refractivity contribution in [2.24, 2.45) is 0 Å². The minimum Gasteiger partial charge on any atom is -0.309 e. The third-order valence-corrected chi connectivity index (χ3v) is 3.67. The van der Waals surface area contributed by atoms with E-state index >= 15 is 0 Å². The van der Waals surface area contributed by atoms with Crippen molar-refractivity contribution in [1.29, 1.82) is 0 Å². The van der Waals surface area contributed by atoms with Crippen molar-refractivity contribution in [3.8, 4) is 5.69 Å². The van der Waals surface area contributed by atoms with E-state index in [4.69, 9.17) is 0 Å².